The van der Waals surface area contributed by atoms with Crippen LogP contribution in [0, 0.1) is 11.8 Å². The Morgan fingerprint density at radius 2 is 1.06 bits per heavy atom. The average molecular weight is 503 g/mol. The molecule has 0 aliphatic heterocycles. The molecule has 0 aromatic heterocycles. The lowest BCUT2D eigenvalue weighted by Gasteiger charge is -2.34. The van der Waals surface area contributed by atoms with Crippen molar-refractivity contribution in [3.8, 4) is 11.8 Å². The van der Waals surface area contributed by atoms with Gasteiger partial charge in [-0.15, -0.1) is 0 Å². The highest BCUT2D eigenvalue weighted by Crippen LogP contribution is 2.36. The quantitative estimate of drug-likeness (QED) is 0.0851. The molecule has 0 bridgehead atoms. The second-order valence-electron chi connectivity index (χ2n) is 10.1. The number of hydrogen-bond donors (Lipinski definition) is 0. The van der Waals surface area contributed by atoms with Gasteiger partial charge in [0.2, 0.25) is 0 Å². The molecule has 0 rings (SSSR count). The minimum atomic E-state index is -1.51. The van der Waals surface area contributed by atoms with Crippen LogP contribution in [0.5, 0.6) is 0 Å². The van der Waals surface area contributed by atoms with Gasteiger partial charge in [-0.2, -0.15) is 0 Å². The second kappa shape index (κ2) is 17.0. The Kier molecular flexibility index (Phi) is 16.7. The van der Waals surface area contributed by atoms with E-state index >= 15 is 0 Å². The van der Waals surface area contributed by atoms with E-state index in [0.717, 1.165) is 6.42 Å². The summed E-state index contributed by atoms with van der Waals surface area (Å²) >= 11 is 0. The summed E-state index contributed by atoms with van der Waals surface area (Å²) in [6.45, 7) is 24.2. The molecule has 0 spiro atoms. The van der Waals surface area contributed by atoms with Crippen molar-refractivity contribution >= 4 is 24.2 Å². The van der Waals surface area contributed by atoms with E-state index in [1.54, 1.807) is 10.4 Å². The molecule has 0 aliphatic rings. The Balaban J connectivity index is 6.94. The van der Waals surface area contributed by atoms with Gasteiger partial charge >= 0.3 is 0 Å². The summed E-state index contributed by atoms with van der Waals surface area (Å²) in [5.41, 5.74) is 2.75. The van der Waals surface area contributed by atoms with Crippen LogP contribution in [-0.4, -0.2) is 24.2 Å². The summed E-state index contributed by atoms with van der Waals surface area (Å²) in [7, 11) is -4.30. The minimum Gasteiger partial charge on any atom is -0.0985 e. The molecule has 33 heavy (non-hydrogen) atoms. The molecule has 0 aromatic rings. The molecule has 0 amide bonds. The molecule has 0 aliphatic carbocycles. The summed E-state index contributed by atoms with van der Waals surface area (Å²) < 4.78 is 0. The summed E-state index contributed by atoms with van der Waals surface area (Å²) in [5, 5.41) is 3.37. The summed E-state index contributed by atoms with van der Waals surface area (Å²) in [6.07, 6.45) is 11.2. The molecule has 0 saturated heterocycles. The molecule has 0 N–H and O–H groups in total. The van der Waals surface area contributed by atoms with Crippen molar-refractivity contribution in [3.63, 3.8) is 0 Å². The highest BCUT2D eigenvalue weighted by atomic mass is 28.3. The van der Waals surface area contributed by atoms with Crippen LogP contribution >= 0.6 is 0 Å². The van der Waals surface area contributed by atoms with E-state index in [-0.39, 0.29) is 0 Å². The molecule has 0 nitrogen and oxygen atoms in total. The number of rotatable bonds is 16. The Bertz CT molecular complexity index is 650. The molecule has 0 unspecified atom stereocenters. The molecule has 0 saturated carbocycles. The highest BCUT2D eigenvalue weighted by molar-refractivity contribution is 6.90. The zero-order valence-corrected chi connectivity index (χ0v) is 27.3. The molecular weight excluding hydrogens is 445 g/mol. The summed E-state index contributed by atoms with van der Waals surface area (Å²) in [4.78, 5) is 0. The zero-order valence-electron chi connectivity index (χ0n) is 24.3. The van der Waals surface area contributed by atoms with Crippen molar-refractivity contribution in [3.05, 3.63) is 34.3 Å². The fourth-order valence-corrected chi connectivity index (χ4v) is 15.7. The molecule has 0 atom stereocenters. The van der Waals surface area contributed by atoms with Crippen molar-refractivity contribution in [1.82, 2.24) is 0 Å². The van der Waals surface area contributed by atoms with Crippen molar-refractivity contribution in [2.24, 2.45) is 0 Å². The monoisotopic (exact) mass is 502 g/mol. The first-order valence-electron chi connectivity index (χ1n) is 14.4. The van der Waals surface area contributed by atoms with Crippen LogP contribution in [0.1, 0.15) is 88.5 Å². The van der Waals surface area contributed by atoms with E-state index in [4.69, 9.17) is 0 Å². The fraction of sp³-hybridized carbons (Fsp3) is 0.733. The number of allylic oxidation sites excluding steroid dienone is 5. The normalized spacial score (nSPS) is 14.0. The Hall–Kier alpha value is -0.569. The first-order chi connectivity index (χ1) is 15.8. The lowest BCUT2D eigenvalue weighted by Crippen LogP contribution is -2.38. The molecule has 190 valence electrons. The van der Waals surface area contributed by atoms with Crippen LogP contribution < -0.4 is 0 Å². The van der Waals surface area contributed by atoms with Gasteiger partial charge in [-0.3, -0.25) is 0 Å². The maximum absolute atomic E-state index is 3.52. The van der Waals surface area contributed by atoms with Crippen LogP contribution in [0.3, 0.4) is 0 Å². The third-order valence-electron chi connectivity index (χ3n) is 9.31. The van der Waals surface area contributed by atoms with E-state index in [2.05, 4.69) is 105 Å². The Labute approximate surface area is 212 Å². The molecular formula is C30H58Si3. The van der Waals surface area contributed by atoms with Crippen LogP contribution in [0.2, 0.25) is 54.4 Å². The van der Waals surface area contributed by atoms with Crippen LogP contribution in [0.4, 0.5) is 0 Å². The number of hydrogen-bond acceptors (Lipinski definition) is 0. The predicted molar refractivity (Wildman–Crippen MR) is 164 cm³/mol. The first-order valence-corrected chi connectivity index (χ1v) is 22.4. The highest BCUT2D eigenvalue weighted by Gasteiger charge is 2.35. The zero-order chi connectivity index (χ0) is 25.4. The maximum atomic E-state index is 3.52. The Morgan fingerprint density at radius 1 is 0.606 bits per heavy atom. The van der Waals surface area contributed by atoms with Gasteiger partial charge in [-0.25, -0.2) is 0 Å². The summed E-state index contributed by atoms with van der Waals surface area (Å²) in [6, 6.07) is 12.1. The minimum absolute atomic E-state index is 1.03. The van der Waals surface area contributed by atoms with E-state index < -0.39 is 24.2 Å². The van der Waals surface area contributed by atoms with Gasteiger partial charge in [0.1, 0.15) is 0 Å². The van der Waals surface area contributed by atoms with E-state index in [0.29, 0.717) is 0 Å². The van der Waals surface area contributed by atoms with Crippen molar-refractivity contribution < 1.29 is 0 Å². The summed E-state index contributed by atoms with van der Waals surface area (Å²) in [5.74, 6) is 6.99. The standard InChI is InChI=1S/C30H58Si3/c1-11-21-22-23-24-25-29(32(15-5,16-6)17-7)28-30(33(18-8,19-9)20-10)26-27-31(12-2,13-3)14-4/h25-28H,11-22H2,1-10H3/b27-26+,29-25-,30-28-. The second-order valence-corrected chi connectivity index (χ2v) is 25.8. The van der Waals surface area contributed by atoms with Crippen LogP contribution in [0.15, 0.2) is 34.3 Å². The molecule has 0 heterocycles. The topological polar surface area (TPSA) is 0 Å². The first kappa shape index (κ1) is 32.4. The third-order valence-corrected chi connectivity index (χ3v) is 25.6. The van der Waals surface area contributed by atoms with Crippen LogP contribution in [0.25, 0.3) is 0 Å². The molecule has 3 heteroatoms. The van der Waals surface area contributed by atoms with Gasteiger partial charge in [0, 0.05) is 6.42 Å². The van der Waals surface area contributed by atoms with Gasteiger partial charge in [-0.1, -0.05) is 170 Å². The fourth-order valence-electron chi connectivity index (χ4n) is 5.45. The van der Waals surface area contributed by atoms with Gasteiger partial charge in [0.05, 0.1) is 24.2 Å². The van der Waals surface area contributed by atoms with E-state index in [1.165, 1.54) is 67.2 Å². The van der Waals surface area contributed by atoms with Crippen molar-refractivity contribution in [2.45, 2.75) is 143 Å². The van der Waals surface area contributed by atoms with E-state index in [9.17, 15) is 0 Å². The molecule has 0 aromatic carbocycles. The Morgan fingerprint density at radius 3 is 1.45 bits per heavy atom. The van der Waals surface area contributed by atoms with Gasteiger partial charge in [0.15, 0.2) is 0 Å². The smallest absolute Gasteiger partial charge is 0.0867 e. The van der Waals surface area contributed by atoms with Gasteiger partial charge in [0.25, 0.3) is 0 Å². The number of unbranched alkanes of at least 4 members (excludes halogenated alkanes) is 2. The van der Waals surface area contributed by atoms with Gasteiger partial charge < -0.3 is 0 Å². The van der Waals surface area contributed by atoms with E-state index in [1.807, 2.05) is 0 Å². The van der Waals surface area contributed by atoms with Crippen LogP contribution in [-0.2, 0) is 0 Å². The molecule has 0 radical (unpaired) electrons. The van der Waals surface area contributed by atoms with Gasteiger partial charge in [-0.05, 0) is 12.5 Å². The molecule has 0 fully saturated rings. The lowest BCUT2D eigenvalue weighted by molar-refractivity contribution is 0.828. The van der Waals surface area contributed by atoms with Crippen molar-refractivity contribution in [2.75, 3.05) is 0 Å². The lowest BCUT2D eigenvalue weighted by atomic mass is 10.2. The largest absolute Gasteiger partial charge is 0.0985 e. The third kappa shape index (κ3) is 8.86. The SMILES string of the molecule is CCCCC#C/C=C(/C=C(/C=C/[Si](CC)(CC)CC)[Si](CC)(CC)CC)[Si](CC)(CC)CC. The van der Waals surface area contributed by atoms with Crippen molar-refractivity contribution in [1.29, 1.82) is 0 Å². The maximum Gasteiger partial charge on any atom is 0.0867 e. The predicted octanol–water partition coefficient (Wildman–Crippen LogP) is 10.7. The average Bonchev–Trinajstić information content (AvgIpc) is 2.87.